The number of likely N-dealkylation sites (tertiary alicyclic amines) is 1. The lowest BCUT2D eigenvalue weighted by molar-refractivity contribution is 0.0682. The number of halogens is 2. The van der Waals surface area contributed by atoms with Crippen LogP contribution in [0.5, 0.6) is 0 Å². The summed E-state index contributed by atoms with van der Waals surface area (Å²) in [6.45, 7) is 0.584. The van der Waals surface area contributed by atoms with Crippen molar-refractivity contribution in [3.05, 3.63) is 61.1 Å². The SMILES string of the molecule is O=C(c1sc2c(ccc(=O)n2-c2ccccc2Cl)c1Br)N1CCC[C@@H]1CO. The molecule has 2 aromatic heterocycles. The Balaban J connectivity index is 1.90. The highest BCUT2D eigenvalue weighted by atomic mass is 79.9. The third kappa shape index (κ3) is 3.12. The van der Waals surface area contributed by atoms with E-state index in [2.05, 4.69) is 15.9 Å². The molecule has 1 aromatic carbocycles. The molecule has 1 aliphatic rings. The van der Waals surface area contributed by atoms with Gasteiger partial charge in [-0.15, -0.1) is 11.3 Å². The van der Waals surface area contributed by atoms with Crippen LogP contribution in [0, 0.1) is 0 Å². The monoisotopic (exact) mass is 466 g/mol. The van der Waals surface area contributed by atoms with Crippen LogP contribution in [0.25, 0.3) is 15.9 Å². The number of thiophene rings is 1. The summed E-state index contributed by atoms with van der Waals surface area (Å²) in [6.07, 6.45) is 1.68. The van der Waals surface area contributed by atoms with E-state index < -0.39 is 0 Å². The topological polar surface area (TPSA) is 62.5 Å². The number of carbonyl (C=O) groups excluding carboxylic acids is 1. The Labute approximate surface area is 172 Å². The van der Waals surface area contributed by atoms with Crippen molar-refractivity contribution in [2.75, 3.05) is 13.2 Å². The van der Waals surface area contributed by atoms with E-state index in [9.17, 15) is 14.7 Å². The summed E-state index contributed by atoms with van der Waals surface area (Å²) >= 11 is 11.1. The van der Waals surface area contributed by atoms with Gasteiger partial charge >= 0.3 is 0 Å². The minimum atomic E-state index is -0.210. The fraction of sp³-hybridized carbons (Fsp3) is 0.263. The Morgan fingerprint density at radius 3 is 2.81 bits per heavy atom. The van der Waals surface area contributed by atoms with Gasteiger partial charge in [0, 0.05) is 18.0 Å². The first kappa shape index (κ1) is 18.7. The molecule has 0 spiro atoms. The number of amides is 1. The molecule has 8 heteroatoms. The van der Waals surface area contributed by atoms with E-state index in [0.29, 0.717) is 31.4 Å². The molecule has 1 aliphatic heterocycles. The molecule has 0 radical (unpaired) electrons. The third-order valence-electron chi connectivity index (χ3n) is 4.82. The van der Waals surface area contributed by atoms with Crippen molar-refractivity contribution >= 4 is 55.0 Å². The summed E-state index contributed by atoms with van der Waals surface area (Å²) in [5.41, 5.74) is 0.370. The number of fused-ring (bicyclic) bond motifs is 1. The van der Waals surface area contributed by atoms with Gasteiger partial charge in [-0.2, -0.15) is 0 Å². The van der Waals surface area contributed by atoms with Crippen molar-refractivity contribution in [1.29, 1.82) is 0 Å². The minimum absolute atomic E-state index is 0.0431. The average molecular weight is 468 g/mol. The lowest BCUT2D eigenvalue weighted by atomic mass is 10.2. The molecule has 1 N–H and O–H groups in total. The van der Waals surface area contributed by atoms with Crippen molar-refractivity contribution in [2.24, 2.45) is 0 Å². The second kappa shape index (κ2) is 7.39. The maximum Gasteiger partial charge on any atom is 0.265 e. The van der Waals surface area contributed by atoms with E-state index in [1.165, 1.54) is 22.0 Å². The molecule has 0 unspecified atom stereocenters. The summed E-state index contributed by atoms with van der Waals surface area (Å²) in [4.78, 5) is 28.6. The van der Waals surface area contributed by atoms with E-state index >= 15 is 0 Å². The first-order chi connectivity index (χ1) is 13.0. The standard InChI is InChI=1S/C19H16BrClN2O3S/c20-16-12-7-8-15(25)23(14-6-2-1-5-13(14)21)19(12)27-17(16)18(26)22-9-3-4-11(22)10-24/h1-2,5-8,11,24H,3-4,9-10H2/t11-/m1/s1. The molecule has 1 fully saturated rings. The van der Waals surface area contributed by atoms with E-state index in [4.69, 9.17) is 11.6 Å². The molecule has 140 valence electrons. The zero-order valence-electron chi connectivity index (χ0n) is 14.2. The molecule has 1 atom stereocenters. The van der Waals surface area contributed by atoms with Crippen molar-refractivity contribution in [2.45, 2.75) is 18.9 Å². The van der Waals surface area contributed by atoms with Gasteiger partial charge in [0.1, 0.15) is 9.71 Å². The zero-order valence-corrected chi connectivity index (χ0v) is 17.4. The number of aliphatic hydroxyl groups is 1. The largest absolute Gasteiger partial charge is 0.394 e. The second-order valence-electron chi connectivity index (χ2n) is 6.40. The normalized spacial score (nSPS) is 17.0. The third-order valence-corrected chi connectivity index (χ3v) is 7.40. The highest BCUT2D eigenvalue weighted by Gasteiger charge is 2.31. The molecule has 0 aliphatic carbocycles. The van der Waals surface area contributed by atoms with Crippen LogP contribution in [0.3, 0.4) is 0 Å². The Morgan fingerprint density at radius 2 is 2.07 bits per heavy atom. The number of aromatic nitrogens is 1. The van der Waals surface area contributed by atoms with Gasteiger partial charge in [-0.25, -0.2) is 0 Å². The number of pyridine rings is 1. The van der Waals surface area contributed by atoms with Crippen molar-refractivity contribution in [3.63, 3.8) is 0 Å². The number of para-hydroxylation sites is 1. The summed E-state index contributed by atoms with van der Waals surface area (Å²) in [5.74, 6) is -0.127. The van der Waals surface area contributed by atoms with Gasteiger partial charge in [-0.05, 0) is 47.0 Å². The fourth-order valence-corrected chi connectivity index (χ4v) is 5.72. The van der Waals surface area contributed by atoms with Gasteiger partial charge in [0.15, 0.2) is 0 Å². The number of benzene rings is 1. The second-order valence-corrected chi connectivity index (χ2v) is 8.60. The number of rotatable bonds is 3. The molecular weight excluding hydrogens is 452 g/mol. The fourth-order valence-electron chi connectivity index (χ4n) is 3.47. The number of hydrogen-bond donors (Lipinski definition) is 1. The predicted octanol–water partition coefficient (Wildman–Crippen LogP) is 4.07. The van der Waals surface area contributed by atoms with Crippen LogP contribution in [0.15, 0.2) is 45.7 Å². The molecule has 3 aromatic rings. The van der Waals surface area contributed by atoms with Crippen LogP contribution in [0.4, 0.5) is 0 Å². The van der Waals surface area contributed by atoms with Crippen molar-refractivity contribution < 1.29 is 9.90 Å². The molecule has 0 bridgehead atoms. The van der Waals surface area contributed by atoms with Crippen LogP contribution < -0.4 is 5.56 Å². The summed E-state index contributed by atoms with van der Waals surface area (Å²) in [6, 6.07) is 10.2. The lowest BCUT2D eigenvalue weighted by Gasteiger charge is -2.22. The minimum Gasteiger partial charge on any atom is -0.394 e. The summed E-state index contributed by atoms with van der Waals surface area (Å²) < 4.78 is 2.20. The number of nitrogens with zero attached hydrogens (tertiary/aromatic N) is 2. The molecule has 0 saturated carbocycles. The first-order valence-corrected chi connectivity index (χ1v) is 10.5. The molecule has 3 heterocycles. The molecule has 1 saturated heterocycles. The van der Waals surface area contributed by atoms with Crippen LogP contribution >= 0.6 is 38.9 Å². The Kier molecular flexibility index (Phi) is 5.11. The molecule has 1 amide bonds. The molecular formula is C19H16BrClN2O3S. The van der Waals surface area contributed by atoms with Crippen LogP contribution in [-0.2, 0) is 0 Å². The highest BCUT2D eigenvalue weighted by molar-refractivity contribution is 9.10. The Morgan fingerprint density at radius 1 is 1.30 bits per heavy atom. The smallest absolute Gasteiger partial charge is 0.265 e. The van der Waals surface area contributed by atoms with Gasteiger partial charge in [-0.3, -0.25) is 14.2 Å². The van der Waals surface area contributed by atoms with Gasteiger partial charge in [0.25, 0.3) is 11.5 Å². The summed E-state index contributed by atoms with van der Waals surface area (Å²) in [7, 11) is 0. The van der Waals surface area contributed by atoms with E-state index in [-0.39, 0.29) is 24.1 Å². The van der Waals surface area contributed by atoms with Crippen molar-refractivity contribution in [1.82, 2.24) is 9.47 Å². The molecule has 5 nitrogen and oxygen atoms in total. The van der Waals surface area contributed by atoms with E-state index in [0.717, 1.165) is 18.2 Å². The summed E-state index contributed by atoms with van der Waals surface area (Å²) in [5, 5.41) is 10.8. The Hall–Kier alpha value is -1.67. The van der Waals surface area contributed by atoms with E-state index in [1.807, 2.05) is 6.07 Å². The van der Waals surface area contributed by atoms with Gasteiger partial charge < -0.3 is 10.0 Å². The van der Waals surface area contributed by atoms with Gasteiger partial charge in [0.05, 0.1) is 27.8 Å². The number of hydrogen-bond acceptors (Lipinski definition) is 4. The van der Waals surface area contributed by atoms with Crippen LogP contribution in [0.2, 0.25) is 5.02 Å². The van der Waals surface area contributed by atoms with Crippen molar-refractivity contribution in [3.8, 4) is 5.69 Å². The van der Waals surface area contributed by atoms with Gasteiger partial charge in [0.2, 0.25) is 0 Å². The molecule has 27 heavy (non-hydrogen) atoms. The quantitative estimate of drug-likeness (QED) is 0.632. The number of carbonyl (C=O) groups is 1. The predicted molar refractivity (Wildman–Crippen MR) is 111 cm³/mol. The van der Waals surface area contributed by atoms with Crippen LogP contribution in [0.1, 0.15) is 22.5 Å². The van der Waals surface area contributed by atoms with Gasteiger partial charge in [-0.1, -0.05) is 23.7 Å². The molecule has 4 rings (SSSR count). The van der Waals surface area contributed by atoms with Crippen LogP contribution in [-0.4, -0.2) is 39.7 Å². The lowest BCUT2D eigenvalue weighted by Crippen LogP contribution is -2.37. The average Bonchev–Trinajstić information content (AvgIpc) is 3.27. The maximum absolute atomic E-state index is 13.1. The highest BCUT2D eigenvalue weighted by Crippen LogP contribution is 2.38. The first-order valence-electron chi connectivity index (χ1n) is 8.53. The zero-order chi connectivity index (χ0) is 19.1. The maximum atomic E-state index is 13.1. The Bertz CT molecular complexity index is 1090. The number of aliphatic hydroxyl groups excluding tert-OH is 1. The van der Waals surface area contributed by atoms with E-state index in [1.54, 1.807) is 29.2 Å².